The van der Waals surface area contributed by atoms with Gasteiger partial charge in [0.15, 0.2) is 5.82 Å². The fourth-order valence-corrected chi connectivity index (χ4v) is 4.38. The zero-order valence-corrected chi connectivity index (χ0v) is 15.7. The standard InChI is InChI=1S/C18H19BrFN3O3/c19-11-7-12-17(13(20)8-11)21-10-22(18(12)25)9-16(24)23-5-6-26-15-4-2-1-3-14(15)23/h7-8,10,14-15H,1-6,9H2/t14-,15+/m1/s1. The molecule has 138 valence electrons. The van der Waals surface area contributed by atoms with E-state index >= 15 is 0 Å². The summed E-state index contributed by atoms with van der Waals surface area (Å²) in [6.45, 7) is 0.963. The van der Waals surface area contributed by atoms with Crippen LogP contribution in [0.15, 0.2) is 27.7 Å². The van der Waals surface area contributed by atoms with Crippen molar-refractivity contribution in [3.63, 3.8) is 0 Å². The van der Waals surface area contributed by atoms with E-state index in [0.717, 1.165) is 25.7 Å². The van der Waals surface area contributed by atoms with Gasteiger partial charge < -0.3 is 9.64 Å². The van der Waals surface area contributed by atoms with Gasteiger partial charge in [0.2, 0.25) is 5.91 Å². The third kappa shape index (κ3) is 3.16. The quantitative estimate of drug-likeness (QED) is 0.743. The van der Waals surface area contributed by atoms with Crippen molar-refractivity contribution in [3.8, 4) is 0 Å². The van der Waals surface area contributed by atoms with Gasteiger partial charge in [-0.25, -0.2) is 9.37 Å². The fourth-order valence-electron chi connectivity index (χ4n) is 3.95. The number of aromatic nitrogens is 2. The molecule has 6 nitrogen and oxygen atoms in total. The van der Waals surface area contributed by atoms with E-state index in [9.17, 15) is 14.0 Å². The number of carbonyl (C=O) groups excluding carboxylic acids is 1. The molecule has 0 N–H and O–H groups in total. The van der Waals surface area contributed by atoms with Gasteiger partial charge in [0.05, 0.1) is 30.5 Å². The van der Waals surface area contributed by atoms with E-state index in [1.807, 2.05) is 4.90 Å². The lowest BCUT2D eigenvalue weighted by molar-refractivity contribution is -0.150. The Labute approximate surface area is 158 Å². The molecule has 26 heavy (non-hydrogen) atoms. The maximum Gasteiger partial charge on any atom is 0.261 e. The smallest absolute Gasteiger partial charge is 0.261 e. The molecule has 0 radical (unpaired) electrons. The van der Waals surface area contributed by atoms with Gasteiger partial charge in [-0.05, 0) is 25.0 Å². The fraction of sp³-hybridized carbons (Fsp3) is 0.500. The van der Waals surface area contributed by atoms with E-state index in [2.05, 4.69) is 20.9 Å². The summed E-state index contributed by atoms with van der Waals surface area (Å²) in [5, 5.41) is 0.157. The first-order valence-electron chi connectivity index (χ1n) is 8.80. The number of halogens is 2. The molecular formula is C18H19BrFN3O3. The van der Waals surface area contributed by atoms with Gasteiger partial charge in [-0.15, -0.1) is 0 Å². The van der Waals surface area contributed by atoms with E-state index in [1.165, 1.54) is 23.0 Å². The lowest BCUT2D eigenvalue weighted by atomic mass is 9.90. The van der Waals surface area contributed by atoms with Crippen LogP contribution in [0.3, 0.4) is 0 Å². The Morgan fingerprint density at radius 2 is 2.15 bits per heavy atom. The Hall–Kier alpha value is -1.80. The van der Waals surface area contributed by atoms with Crippen LogP contribution in [0.4, 0.5) is 4.39 Å². The van der Waals surface area contributed by atoms with E-state index in [4.69, 9.17) is 4.74 Å². The average molecular weight is 424 g/mol. The van der Waals surface area contributed by atoms with Crippen LogP contribution >= 0.6 is 15.9 Å². The predicted molar refractivity (Wildman–Crippen MR) is 97.4 cm³/mol. The minimum atomic E-state index is -0.567. The first-order valence-corrected chi connectivity index (χ1v) is 9.59. The SMILES string of the molecule is O=C(Cn1cnc2c(F)cc(Br)cc2c1=O)N1CCO[C@H]2CCCC[C@H]21. The summed E-state index contributed by atoms with van der Waals surface area (Å²) in [6, 6.07) is 2.88. The third-order valence-electron chi connectivity index (χ3n) is 5.20. The van der Waals surface area contributed by atoms with Crippen molar-refractivity contribution in [1.82, 2.24) is 14.5 Å². The van der Waals surface area contributed by atoms with Crippen LogP contribution in [0.2, 0.25) is 0 Å². The van der Waals surface area contributed by atoms with Crippen molar-refractivity contribution >= 4 is 32.7 Å². The molecule has 2 atom stereocenters. The number of benzene rings is 1. The number of carbonyl (C=O) groups is 1. The predicted octanol–water partition coefficient (Wildman–Crippen LogP) is 2.47. The van der Waals surface area contributed by atoms with Crippen molar-refractivity contribution < 1.29 is 13.9 Å². The van der Waals surface area contributed by atoms with Crippen LogP contribution in [0.25, 0.3) is 10.9 Å². The minimum Gasteiger partial charge on any atom is -0.374 e. The third-order valence-corrected chi connectivity index (χ3v) is 5.66. The Kier molecular flexibility index (Phi) is 4.79. The maximum absolute atomic E-state index is 14.0. The summed E-state index contributed by atoms with van der Waals surface area (Å²) in [5.41, 5.74) is -0.405. The van der Waals surface area contributed by atoms with Gasteiger partial charge in [-0.3, -0.25) is 14.2 Å². The van der Waals surface area contributed by atoms with Crippen LogP contribution in [-0.4, -0.2) is 45.7 Å². The van der Waals surface area contributed by atoms with Crippen molar-refractivity contribution in [3.05, 3.63) is 39.1 Å². The van der Waals surface area contributed by atoms with Crippen molar-refractivity contribution in [1.29, 1.82) is 0 Å². The molecule has 1 amide bonds. The summed E-state index contributed by atoms with van der Waals surface area (Å²) >= 11 is 3.19. The van der Waals surface area contributed by atoms with E-state index in [0.29, 0.717) is 17.6 Å². The molecule has 1 aromatic heterocycles. The molecule has 1 aliphatic heterocycles. The van der Waals surface area contributed by atoms with E-state index < -0.39 is 11.4 Å². The van der Waals surface area contributed by atoms with Gasteiger partial charge >= 0.3 is 0 Å². The van der Waals surface area contributed by atoms with Gasteiger partial charge in [0, 0.05) is 11.0 Å². The van der Waals surface area contributed by atoms with Crippen LogP contribution < -0.4 is 5.56 Å². The zero-order chi connectivity index (χ0) is 18.3. The minimum absolute atomic E-state index is 0.0145. The highest BCUT2D eigenvalue weighted by Gasteiger charge is 2.36. The van der Waals surface area contributed by atoms with E-state index in [1.54, 1.807) is 0 Å². The van der Waals surface area contributed by atoms with Gasteiger partial charge in [-0.1, -0.05) is 28.8 Å². The van der Waals surface area contributed by atoms with Crippen molar-refractivity contribution in [2.45, 2.75) is 44.4 Å². The lowest BCUT2D eigenvalue weighted by Gasteiger charge is -2.43. The molecular weight excluding hydrogens is 405 g/mol. The number of fused-ring (bicyclic) bond motifs is 2. The number of nitrogens with zero attached hydrogens (tertiary/aromatic N) is 3. The van der Waals surface area contributed by atoms with Crippen molar-refractivity contribution in [2.75, 3.05) is 13.2 Å². The first-order chi connectivity index (χ1) is 12.5. The number of hydrogen-bond acceptors (Lipinski definition) is 4. The van der Waals surface area contributed by atoms with Crippen LogP contribution in [0, 0.1) is 5.82 Å². The van der Waals surface area contributed by atoms with Crippen LogP contribution in [-0.2, 0) is 16.1 Å². The van der Waals surface area contributed by atoms with Gasteiger partial charge in [-0.2, -0.15) is 0 Å². The topological polar surface area (TPSA) is 64.4 Å². The molecule has 0 unspecified atom stereocenters. The molecule has 1 aromatic carbocycles. The maximum atomic E-state index is 14.0. The molecule has 1 saturated heterocycles. The number of rotatable bonds is 2. The number of hydrogen-bond donors (Lipinski definition) is 0. The zero-order valence-electron chi connectivity index (χ0n) is 14.2. The van der Waals surface area contributed by atoms with Gasteiger partial charge in [0.25, 0.3) is 5.56 Å². The summed E-state index contributed by atoms with van der Waals surface area (Å²) < 4.78 is 21.5. The monoisotopic (exact) mass is 423 g/mol. The Morgan fingerprint density at radius 1 is 1.35 bits per heavy atom. The molecule has 2 fully saturated rings. The second-order valence-corrected chi connectivity index (χ2v) is 7.73. The van der Waals surface area contributed by atoms with Crippen LogP contribution in [0.1, 0.15) is 25.7 Å². The largest absolute Gasteiger partial charge is 0.374 e. The second-order valence-electron chi connectivity index (χ2n) is 6.81. The molecule has 0 spiro atoms. The number of amides is 1. The molecule has 2 aliphatic rings. The van der Waals surface area contributed by atoms with Gasteiger partial charge in [0.1, 0.15) is 12.1 Å². The number of ether oxygens (including phenoxy) is 1. The Bertz CT molecular complexity index is 914. The van der Waals surface area contributed by atoms with Crippen molar-refractivity contribution in [2.24, 2.45) is 0 Å². The average Bonchev–Trinajstić information content (AvgIpc) is 2.64. The highest BCUT2D eigenvalue weighted by atomic mass is 79.9. The summed E-state index contributed by atoms with van der Waals surface area (Å²) in [7, 11) is 0. The molecule has 2 heterocycles. The highest BCUT2D eigenvalue weighted by molar-refractivity contribution is 9.10. The second kappa shape index (κ2) is 7.08. The molecule has 1 aliphatic carbocycles. The Balaban J connectivity index is 1.61. The summed E-state index contributed by atoms with van der Waals surface area (Å²) in [4.78, 5) is 31.4. The Morgan fingerprint density at radius 3 is 3.00 bits per heavy atom. The molecule has 0 bridgehead atoms. The number of morpholine rings is 1. The highest BCUT2D eigenvalue weighted by Crippen LogP contribution is 2.28. The van der Waals surface area contributed by atoms with Crippen LogP contribution in [0.5, 0.6) is 0 Å². The molecule has 8 heteroatoms. The molecule has 2 aromatic rings. The van der Waals surface area contributed by atoms with E-state index in [-0.39, 0.29) is 35.5 Å². The molecule has 1 saturated carbocycles. The normalized spacial score (nSPS) is 23.1. The summed E-state index contributed by atoms with van der Waals surface area (Å²) in [6.07, 6.45) is 5.45. The lowest BCUT2D eigenvalue weighted by Crippen LogP contribution is -2.55. The first kappa shape index (κ1) is 17.6. The summed E-state index contributed by atoms with van der Waals surface area (Å²) in [5.74, 6) is -0.688. The molecule has 4 rings (SSSR count).